The van der Waals surface area contributed by atoms with Crippen molar-refractivity contribution in [3.05, 3.63) is 53.6 Å². The number of amides is 1. The Labute approximate surface area is 154 Å². The molecule has 27 heavy (non-hydrogen) atoms. The molecule has 0 fully saturated rings. The minimum absolute atomic E-state index is 0.207. The molecule has 2 aromatic carbocycles. The van der Waals surface area contributed by atoms with E-state index in [1.807, 2.05) is 12.1 Å². The third kappa shape index (κ3) is 4.07. The molecule has 1 aromatic heterocycles. The molecule has 7 heteroatoms. The summed E-state index contributed by atoms with van der Waals surface area (Å²) in [5, 5.41) is 0.853. The van der Waals surface area contributed by atoms with Crippen LogP contribution in [-0.4, -0.2) is 18.0 Å². The summed E-state index contributed by atoms with van der Waals surface area (Å²) in [5.41, 5.74) is 7.18. The Hall–Kier alpha value is -2.96. The van der Waals surface area contributed by atoms with Gasteiger partial charge < -0.3 is 15.5 Å². The Morgan fingerprint density at radius 2 is 1.96 bits per heavy atom. The van der Waals surface area contributed by atoms with E-state index in [1.54, 1.807) is 19.2 Å². The fourth-order valence-corrected chi connectivity index (χ4v) is 3.15. The molecule has 0 spiro atoms. The third-order valence-electron chi connectivity index (χ3n) is 4.44. The summed E-state index contributed by atoms with van der Waals surface area (Å²) < 4.78 is 44.6. The number of aromatic amines is 1. The van der Waals surface area contributed by atoms with Crippen LogP contribution in [0.2, 0.25) is 0 Å². The predicted octanol–water partition coefficient (Wildman–Crippen LogP) is 4.67. The van der Waals surface area contributed by atoms with Crippen LogP contribution in [0.15, 0.2) is 42.5 Å². The largest absolute Gasteiger partial charge is 0.497 e. The average molecular weight is 376 g/mol. The van der Waals surface area contributed by atoms with Crippen molar-refractivity contribution in [2.45, 2.75) is 25.4 Å². The lowest BCUT2D eigenvalue weighted by Crippen LogP contribution is -2.10. The SMILES string of the molecule is COc1ccc2[nH]c(-c3cccc(C(F)(F)F)c3)c(CCCC(N)=O)c2c1. The maximum absolute atomic E-state index is 13.1. The number of benzene rings is 2. The number of carbonyl (C=O) groups excluding carboxylic acids is 1. The molecule has 0 bridgehead atoms. The number of hydrogen-bond acceptors (Lipinski definition) is 2. The van der Waals surface area contributed by atoms with Gasteiger partial charge in [0.1, 0.15) is 5.75 Å². The first kappa shape index (κ1) is 18.8. The summed E-state index contributed by atoms with van der Waals surface area (Å²) >= 11 is 0. The van der Waals surface area contributed by atoms with E-state index in [9.17, 15) is 18.0 Å². The Morgan fingerprint density at radius 1 is 1.19 bits per heavy atom. The highest BCUT2D eigenvalue weighted by molar-refractivity contribution is 5.92. The van der Waals surface area contributed by atoms with Crippen LogP contribution in [0.4, 0.5) is 13.2 Å². The smallest absolute Gasteiger partial charge is 0.416 e. The number of alkyl halides is 3. The number of nitrogens with two attached hydrogens (primary N) is 1. The third-order valence-corrected chi connectivity index (χ3v) is 4.44. The number of nitrogens with one attached hydrogen (secondary N) is 1. The Morgan fingerprint density at radius 3 is 2.63 bits per heavy atom. The van der Waals surface area contributed by atoms with Gasteiger partial charge in [0.2, 0.25) is 5.91 Å². The Balaban J connectivity index is 2.12. The summed E-state index contributed by atoms with van der Waals surface area (Å²) in [6.45, 7) is 0. The zero-order chi connectivity index (χ0) is 19.6. The first-order valence-electron chi connectivity index (χ1n) is 8.44. The van der Waals surface area contributed by atoms with Crippen LogP contribution in [0, 0.1) is 0 Å². The standard InChI is InChI=1S/C20H19F3N2O2/c1-27-14-8-9-17-16(11-14)15(6-3-7-18(24)26)19(25-17)12-4-2-5-13(10-12)20(21,22)23/h2,4-5,8-11,25H,3,6-7H2,1H3,(H2,24,26). The molecule has 0 radical (unpaired) electrons. The number of rotatable bonds is 6. The molecule has 0 aliphatic carbocycles. The van der Waals surface area contributed by atoms with Crippen molar-refractivity contribution in [2.24, 2.45) is 5.73 Å². The summed E-state index contributed by atoms with van der Waals surface area (Å²) in [7, 11) is 1.55. The zero-order valence-corrected chi connectivity index (χ0v) is 14.7. The van der Waals surface area contributed by atoms with Crippen molar-refractivity contribution in [1.82, 2.24) is 4.98 Å². The van der Waals surface area contributed by atoms with E-state index in [-0.39, 0.29) is 6.42 Å². The second-order valence-electron chi connectivity index (χ2n) is 6.29. The molecule has 0 aliphatic heterocycles. The second kappa shape index (κ2) is 7.34. The van der Waals surface area contributed by atoms with Gasteiger partial charge in [-0.2, -0.15) is 13.2 Å². The minimum Gasteiger partial charge on any atom is -0.497 e. The first-order chi connectivity index (χ1) is 12.8. The fraction of sp³-hybridized carbons (Fsp3) is 0.250. The molecule has 0 atom stereocenters. The van der Waals surface area contributed by atoms with Crippen molar-refractivity contribution in [2.75, 3.05) is 7.11 Å². The first-order valence-corrected chi connectivity index (χ1v) is 8.44. The number of primary amides is 1. The van der Waals surface area contributed by atoms with Crippen LogP contribution in [0.25, 0.3) is 22.2 Å². The fourth-order valence-electron chi connectivity index (χ4n) is 3.15. The average Bonchev–Trinajstić information content (AvgIpc) is 2.98. The number of H-pyrrole nitrogens is 1. The maximum Gasteiger partial charge on any atom is 0.416 e. The van der Waals surface area contributed by atoms with Crippen LogP contribution >= 0.6 is 0 Å². The van der Waals surface area contributed by atoms with Gasteiger partial charge in [0.05, 0.1) is 12.7 Å². The van der Waals surface area contributed by atoms with Gasteiger partial charge in [-0.3, -0.25) is 4.79 Å². The van der Waals surface area contributed by atoms with E-state index in [1.165, 1.54) is 6.07 Å². The van der Waals surface area contributed by atoms with Gasteiger partial charge in [-0.25, -0.2) is 0 Å². The molecule has 4 nitrogen and oxygen atoms in total. The number of ether oxygens (including phenoxy) is 1. The van der Waals surface area contributed by atoms with Crippen LogP contribution in [0.3, 0.4) is 0 Å². The molecule has 3 rings (SSSR count). The van der Waals surface area contributed by atoms with E-state index in [0.717, 1.165) is 28.6 Å². The minimum atomic E-state index is -4.42. The number of hydrogen-bond donors (Lipinski definition) is 2. The maximum atomic E-state index is 13.1. The number of aromatic nitrogens is 1. The lowest BCUT2D eigenvalue weighted by molar-refractivity contribution is -0.137. The predicted molar refractivity (Wildman–Crippen MR) is 97.4 cm³/mol. The van der Waals surface area contributed by atoms with Crippen LogP contribution in [0.1, 0.15) is 24.0 Å². The van der Waals surface area contributed by atoms with Gasteiger partial charge >= 0.3 is 6.18 Å². The van der Waals surface area contributed by atoms with E-state index >= 15 is 0 Å². The summed E-state index contributed by atoms with van der Waals surface area (Å²) in [6.07, 6.45) is -3.21. The topological polar surface area (TPSA) is 68.1 Å². The van der Waals surface area contributed by atoms with Gasteiger partial charge in [-0.05, 0) is 54.3 Å². The van der Waals surface area contributed by atoms with Crippen molar-refractivity contribution < 1.29 is 22.7 Å². The zero-order valence-electron chi connectivity index (χ0n) is 14.7. The number of methoxy groups -OCH3 is 1. The summed E-state index contributed by atoms with van der Waals surface area (Å²) in [5.74, 6) is 0.237. The molecule has 0 saturated heterocycles. The van der Waals surface area contributed by atoms with Gasteiger partial charge in [-0.1, -0.05) is 12.1 Å². The van der Waals surface area contributed by atoms with Crippen molar-refractivity contribution in [1.29, 1.82) is 0 Å². The van der Waals surface area contributed by atoms with E-state index in [2.05, 4.69) is 4.98 Å². The molecular weight excluding hydrogens is 357 g/mol. The Bertz CT molecular complexity index is 977. The highest BCUT2D eigenvalue weighted by Gasteiger charge is 2.30. The number of aryl methyl sites for hydroxylation is 1. The van der Waals surface area contributed by atoms with Gasteiger partial charge in [0.15, 0.2) is 0 Å². The molecule has 1 heterocycles. The summed E-state index contributed by atoms with van der Waals surface area (Å²) in [6, 6.07) is 10.6. The molecule has 0 unspecified atom stereocenters. The highest BCUT2D eigenvalue weighted by atomic mass is 19.4. The molecule has 142 valence electrons. The monoisotopic (exact) mass is 376 g/mol. The van der Waals surface area contributed by atoms with Gasteiger partial charge in [0.25, 0.3) is 0 Å². The number of halogens is 3. The van der Waals surface area contributed by atoms with Crippen molar-refractivity contribution in [3.8, 4) is 17.0 Å². The molecule has 3 aromatic rings. The lowest BCUT2D eigenvalue weighted by atomic mass is 9.99. The summed E-state index contributed by atoms with van der Waals surface area (Å²) in [4.78, 5) is 14.3. The quantitative estimate of drug-likeness (QED) is 0.656. The second-order valence-corrected chi connectivity index (χ2v) is 6.29. The van der Waals surface area contributed by atoms with Gasteiger partial charge in [0, 0.05) is 23.0 Å². The number of carbonyl (C=O) groups is 1. The molecule has 3 N–H and O–H groups in total. The van der Waals surface area contributed by atoms with Gasteiger partial charge in [-0.15, -0.1) is 0 Å². The molecular formula is C20H19F3N2O2. The van der Waals surface area contributed by atoms with Crippen LogP contribution in [0.5, 0.6) is 5.75 Å². The highest BCUT2D eigenvalue weighted by Crippen LogP contribution is 2.36. The van der Waals surface area contributed by atoms with E-state index in [0.29, 0.717) is 29.8 Å². The lowest BCUT2D eigenvalue weighted by Gasteiger charge is -2.10. The van der Waals surface area contributed by atoms with E-state index in [4.69, 9.17) is 10.5 Å². The molecule has 1 amide bonds. The normalized spacial score (nSPS) is 11.7. The van der Waals surface area contributed by atoms with Crippen LogP contribution < -0.4 is 10.5 Å². The Kier molecular flexibility index (Phi) is 5.12. The van der Waals surface area contributed by atoms with E-state index < -0.39 is 17.6 Å². The van der Waals surface area contributed by atoms with Crippen molar-refractivity contribution in [3.63, 3.8) is 0 Å². The molecule has 0 aliphatic rings. The molecule has 0 saturated carbocycles. The van der Waals surface area contributed by atoms with Crippen LogP contribution in [-0.2, 0) is 17.4 Å². The number of fused-ring (bicyclic) bond motifs is 1. The van der Waals surface area contributed by atoms with Crippen molar-refractivity contribution >= 4 is 16.8 Å².